The number of hydrogen-bond acceptors (Lipinski definition) is 3. The Hall–Kier alpha value is 0.940. The van der Waals surface area contributed by atoms with E-state index in [1.807, 2.05) is 13.8 Å². The van der Waals surface area contributed by atoms with Crippen molar-refractivity contribution in [3.8, 4) is 0 Å². The zero-order valence-electron chi connectivity index (χ0n) is 7.91. The van der Waals surface area contributed by atoms with Crippen LogP contribution in [0.4, 0.5) is 0 Å². The van der Waals surface area contributed by atoms with Crippen LogP contribution in [0.3, 0.4) is 0 Å². The van der Waals surface area contributed by atoms with Gasteiger partial charge in [0.2, 0.25) is 0 Å². The van der Waals surface area contributed by atoms with Gasteiger partial charge in [0.1, 0.15) is 0 Å². The average Bonchev–Trinajstić information content (AvgIpc) is 2.02. The molecule has 0 aliphatic heterocycles. The van der Waals surface area contributed by atoms with Crippen molar-refractivity contribution < 1.29 is 13.6 Å². The first-order chi connectivity index (χ1) is 5.68. The van der Waals surface area contributed by atoms with Gasteiger partial charge in [-0.25, -0.2) is 0 Å². The zero-order valence-corrected chi connectivity index (χ0v) is 11.1. The van der Waals surface area contributed by atoms with Gasteiger partial charge in [0.25, 0.3) is 0 Å². The van der Waals surface area contributed by atoms with Crippen molar-refractivity contribution in [3.05, 3.63) is 0 Å². The molecule has 5 heteroatoms. The molecule has 0 rings (SSSR count). The maximum absolute atomic E-state index is 11.7. The van der Waals surface area contributed by atoms with Gasteiger partial charge in [-0.05, 0) is 0 Å². The summed E-state index contributed by atoms with van der Waals surface area (Å²) in [6, 6.07) is 0. The molecular weight excluding hydrogens is 291 g/mol. The minimum atomic E-state index is -2.70. The molecule has 0 aliphatic rings. The summed E-state index contributed by atoms with van der Waals surface area (Å²) in [7, 11) is -2.70. The second-order valence-corrected chi connectivity index (χ2v) is 7.16. The van der Waals surface area contributed by atoms with Gasteiger partial charge in [-0.2, -0.15) is 0 Å². The van der Waals surface area contributed by atoms with E-state index in [2.05, 4.69) is 4.97 Å². The van der Waals surface area contributed by atoms with Gasteiger partial charge in [-0.3, -0.25) is 0 Å². The average molecular weight is 308 g/mol. The van der Waals surface area contributed by atoms with Crippen LogP contribution in [0, 0.1) is 0 Å². The summed E-state index contributed by atoms with van der Waals surface area (Å²) in [5.41, 5.74) is 0. The Kier molecular flexibility index (Phi) is 7.93. The molecule has 0 aromatic rings. The molecule has 74 valence electrons. The molecule has 0 saturated heterocycles. The molecule has 0 unspecified atom stereocenters. The molecule has 0 bridgehead atoms. The Balaban J connectivity index is 3.90. The van der Waals surface area contributed by atoms with E-state index in [0.717, 1.165) is 4.47 Å². The quantitative estimate of drug-likeness (QED) is 0.535. The second kappa shape index (κ2) is 7.35. The van der Waals surface area contributed by atoms with Gasteiger partial charge in [0.05, 0.1) is 0 Å². The van der Waals surface area contributed by atoms with E-state index < -0.39 is 7.60 Å². The molecule has 0 amide bonds. The van der Waals surface area contributed by atoms with Gasteiger partial charge >= 0.3 is 84.8 Å². The molecule has 0 N–H and O–H groups in total. The maximum atomic E-state index is 11.7. The molecular formula is C7H17O3PTe. The molecule has 0 fully saturated rings. The Morgan fingerprint density at radius 3 is 2.08 bits per heavy atom. The first kappa shape index (κ1) is 12.9. The third-order valence-electron chi connectivity index (χ3n) is 1.22. The van der Waals surface area contributed by atoms with E-state index >= 15 is 0 Å². The van der Waals surface area contributed by atoms with Crippen LogP contribution in [-0.2, 0) is 13.6 Å². The summed E-state index contributed by atoms with van der Waals surface area (Å²) in [6.07, 6.45) is 0.605. The van der Waals surface area contributed by atoms with Crippen molar-refractivity contribution in [1.82, 2.24) is 0 Å². The van der Waals surface area contributed by atoms with Crippen LogP contribution in [0.5, 0.6) is 0 Å². The Bertz CT molecular complexity index is 142. The van der Waals surface area contributed by atoms with Crippen molar-refractivity contribution in [2.75, 3.05) is 19.4 Å². The fourth-order valence-corrected chi connectivity index (χ4v) is 5.77. The summed E-state index contributed by atoms with van der Waals surface area (Å²) >= 11 is 0.0352. The van der Waals surface area contributed by atoms with Crippen LogP contribution >= 0.6 is 7.60 Å². The second-order valence-electron chi connectivity index (χ2n) is 2.16. The number of hydrogen-bond donors (Lipinski definition) is 0. The van der Waals surface area contributed by atoms with E-state index in [0.29, 0.717) is 19.4 Å². The first-order valence-electron chi connectivity index (χ1n) is 4.05. The Labute approximate surface area is 84.8 Å². The van der Waals surface area contributed by atoms with Crippen LogP contribution in [0.2, 0.25) is 9.44 Å². The third kappa shape index (κ3) is 5.56. The fourth-order valence-electron chi connectivity index (χ4n) is 0.763. The van der Waals surface area contributed by atoms with Gasteiger partial charge in [0, 0.05) is 0 Å². The van der Waals surface area contributed by atoms with Crippen LogP contribution in [-0.4, -0.2) is 40.3 Å². The van der Waals surface area contributed by atoms with Crippen LogP contribution < -0.4 is 0 Å². The topological polar surface area (TPSA) is 35.5 Å². The van der Waals surface area contributed by atoms with Crippen LogP contribution in [0.1, 0.15) is 13.8 Å². The third-order valence-corrected chi connectivity index (χ3v) is 5.98. The van der Waals surface area contributed by atoms with E-state index in [4.69, 9.17) is 9.05 Å². The van der Waals surface area contributed by atoms with Crippen molar-refractivity contribution >= 4 is 28.5 Å². The van der Waals surface area contributed by atoms with Crippen molar-refractivity contribution in [1.29, 1.82) is 0 Å². The summed E-state index contributed by atoms with van der Waals surface area (Å²) in [5.74, 6) is 0. The molecule has 0 spiro atoms. The van der Waals surface area contributed by atoms with Gasteiger partial charge < -0.3 is 0 Å². The van der Waals surface area contributed by atoms with Crippen LogP contribution in [0.15, 0.2) is 0 Å². The molecule has 12 heavy (non-hydrogen) atoms. The molecule has 0 aliphatic carbocycles. The molecule has 3 nitrogen and oxygen atoms in total. The monoisotopic (exact) mass is 310 g/mol. The molecule has 0 aromatic heterocycles. The fraction of sp³-hybridized carbons (Fsp3) is 1.00. The Morgan fingerprint density at radius 1 is 1.25 bits per heavy atom. The molecule has 0 atom stereocenters. The number of rotatable bonds is 7. The summed E-state index contributed by atoms with van der Waals surface area (Å²) < 4.78 is 23.0. The van der Waals surface area contributed by atoms with Crippen molar-refractivity contribution in [2.45, 2.75) is 23.3 Å². The summed E-state index contributed by atoms with van der Waals surface area (Å²) in [6.45, 7) is 4.63. The summed E-state index contributed by atoms with van der Waals surface area (Å²) in [4.78, 5) is 2.19. The minimum absolute atomic E-state index is 0.0352. The van der Waals surface area contributed by atoms with E-state index in [-0.39, 0.29) is 20.9 Å². The van der Waals surface area contributed by atoms with E-state index in [1.165, 1.54) is 0 Å². The molecule has 0 saturated carbocycles. The predicted molar refractivity (Wildman–Crippen MR) is 52.2 cm³/mol. The SMILES string of the molecule is CCOP(=O)(CC[Te]C)OCC. The normalized spacial score (nSPS) is 11.9. The predicted octanol–water partition coefficient (Wildman–Crippen LogP) is 2.42. The summed E-state index contributed by atoms with van der Waals surface area (Å²) in [5, 5.41) is 0. The van der Waals surface area contributed by atoms with Crippen molar-refractivity contribution in [3.63, 3.8) is 0 Å². The van der Waals surface area contributed by atoms with Gasteiger partial charge in [-0.1, -0.05) is 0 Å². The first-order valence-corrected chi connectivity index (χ1v) is 9.76. The molecule has 0 aromatic carbocycles. The van der Waals surface area contributed by atoms with Crippen LogP contribution in [0.25, 0.3) is 0 Å². The zero-order chi connectivity index (χ0) is 9.45. The Morgan fingerprint density at radius 2 is 1.75 bits per heavy atom. The van der Waals surface area contributed by atoms with Gasteiger partial charge in [-0.15, -0.1) is 0 Å². The van der Waals surface area contributed by atoms with Gasteiger partial charge in [0.15, 0.2) is 0 Å². The van der Waals surface area contributed by atoms with E-state index in [9.17, 15) is 4.57 Å². The molecule has 0 radical (unpaired) electrons. The van der Waals surface area contributed by atoms with E-state index in [1.54, 1.807) is 0 Å². The van der Waals surface area contributed by atoms with Crippen molar-refractivity contribution in [2.24, 2.45) is 0 Å². The molecule has 0 heterocycles. The standard InChI is InChI=1S/C7H17O3PTe/c1-4-9-11(8,10-5-2)6-7-12-3/h4-7H2,1-3H3.